The lowest BCUT2D eigenvalue weighted by Gasteiger charge is -2.12. The van der Waals surface area contributed by atoms with Gasteiger partial charge in [-0.1, -0.05) is 0 Å². The molecule has 0 spiro atoms. The highest BCUT2D eigenvalue weighted by molar-refractivity contribution is 6.19. The summed E-state index contributed by atoms with van der Waals surface area (Å²) < 4.78 is 0. The van der Waals surface area contributed by atoms with Crippen LogP contribution in [0.3, 0.4) is 0 Å². The van der Waals surface area contributed by atoms with Crippen LogP contribution in [0, 0.1) is 11.3 Å². The van der Waals surface area contributed by atoms with Crippen LogP contribution in [-0.4, -0.2) is 11.1 Å². The number of allylic oxidation sites excluding steroid dienone is 4. The SMILES string of the molecule is N#C/C(=C/C1=C([NH2+]O)CCCC1)CCl. The van der Waals surface area contributed by atoms with E-state index >= 15 is 0 Å². The van der Waals surface area contributed by atoms with Gasteiger partial charge in [0, 0.05) is 17.6 Å². The summed E-state index contributed by atoms with van der Waals surface area (Å²) in [5.74, 6) is 0.235. The zero-order chi connectivity index (χ0) is 10.4. The van der Waals surface area contributed by atoms with E-state index in [1.54, 1.807) is 6.08 Å². The largest absolute Gasteiger partial charge is 0.215 e. The molecule has 0 aromatic rings. The third kappa shape index (κ3) is 2.85. The number of nitriles is 1. The summed E-state index contributed by atoms with van der Waals surface area (Å²) >= 11 is 5.59. The van der Waals surface area contributed by atoms with Crippen LogP contribution in [0.15, 0.2) is 22.9 Å². The summed E-state index contributed by atoms with van der Waals surface area (Å²) in [7, 11) is 0. The van der Waals surface area contributed by atoms with E-state index in [2.05, 4.69) is 0 Å². The number of halogens is 1. The van der Waals surface area contributed by atoms with E-state index in [0.29, 0.717) is 5.57 Å². The van der Waals surface area contributed by atoms with Crippen molar-refractivity contribution in [2.75, 3.05) is 5.88 Å². The molecule has 0 bridgehead atoms. The molecule has 3 nitrogen and oxygen atoms in total. The fourth-order valence-electron chi connectivity index (χ4n) is 1.58. The lowest BCUT2D eigenvalue weighted by atomic mass is 9.95. The smallest absolute Gasteiger partial charge is 0.141 e. The van der Waals surface area contributed by atoms with Crippen molar-refractivity contribution >= 4 is 11.6 Å². The standard InChI is InChI=1S/C10H13ClN2O/c11-6-8(7-12)5-9-3-1-2-4-10(9)13-14/h5,13-14H,1-4,6H2/p+1/b8-5+. The summed E-state index contributed by atoms with van der Waals surface area (Å²) in [5, 5.41) is 17.7. The fraction of sp³-hybridized carbons (Fsp3) is 0.500. The van der Waals surface area contributed by atoms with Crippen LogP contribution in [0.25, 0.3) is 0 Å². The van der Waals surface area contributed by atoms with Gasteiger partial charge < -0.3 is 0 Å². The number of nitrogens with zero attached hydrogens (tertiary/aromatic N) is 1. The number of hydroxylamine groups is 1. The number of quaternary nitrogens is 1. The van der Waals surface area contributed by atoms with Gasteiger partial charge in [0.05, 0.1) is 11.9 Å². The van der Waals surface area contributed by atoms with Crippen molar-refractivity contribution in [2.45, 2.75) is 25.7 Å². The molecule has 1 aliphatic rings. The van der Waals surface area contributed by atoms with E-state index in [-0.39, 0.29) is 5.88 Å². The van der Waals surface area contributed by atoms with E-state index < -0.39 is 0 Å². The Morgan fingerprint density at radius 2 is 2.29 bits per heavy atom. The highest BCUT2D eigenvalue weighted by atomic mass is 35.5. The maximum atomic E-state index is 8.99. The Bertz CT molecular complexity index is 302. The maximum absolute atomic E-state index is 8.99. The first-order valence-corrected chi connectivity index (χ1v) is 5.21. The van der Waals surface area contributed by atoms with Crippen LogP contribution in [0.5, 0.6) is 0 Å². The number of nitrogens with two attached hydrogens (primary N) is 1. The van der Waals surface area contributed by atoms with Crippen LogP contribution in [0.4, 0.5) is 0 Å². The van der Waals surface area contributed by atoms with Crippen LogP contribution in [-0.2, 0) is 0 Å². The van der Waals surface area contributed by atoms with Gasteiger partial charge in [0.15, 0.2) is 0 Å². The number of rotatable bonds is 3. The highest BCUT2D eigenvalue weighted by Gasteiger charge is 2.14. The molecule has 0 saturated carbocycles. The molecule has 4 heteroatoms. The minimum atomic E-state index is 0.235. The number of hydrogen-bond donors (Lipinski definition) is 2. The molecule has 0 heterocycles. The van der Waals surface area contributed by atoms with E-state index in [1.807, 2.05) is 6.07 Å². The van der Waals surface area contributed by atoms with Gasteiger partial charge in [-0.15, -0.1) is 11.6 Å². The number of alkyl halides is 1. The lowest BCUT2D eigenvalue weighted by molar-refractivity contribution is -0.853. The first kappa shape index (κ1) is 11.3. The summed E-state index contributed by atoms with van der Waals surface area (Å²) in [6, 6.07) is 2.04. The minimum absolute atomic E-state index is 0.235. The molecule has 0 unspecified atom stereocenters. The van der Waals surface area contributed by atoms with Crippen molar-refractivity contribution in [1.82, 2.24) is 0 Å². The van der Waals surface area contributed by atoms with Crippen molar-refractivity contribution in [3.05, 3.63) is 22.9 Å². The van der Waals surface area contributed by atoms with Crippen molar-refractivity contribution in [3.63, 3.8) is 0 Å². The molecule has 3 N–H and O–H groups in total. The molecule has 0 atom stereocenters. The van der Waals surface area contributed by atoms with Gasteiger partial charge >= 0.3 is 0 Å². The zero-order valence-electron chi connectivity index (χ0n) is 7.96. The zero-order valence-corrected chi connectivity index (χ0v) is 8.72. The Morgan fingerprint density at radius 3 is 2.86 bits per heavy atom. The second-order valence-corrected chi connectivity index (χ2v) is 3.57. The van der Waals surface area contributed by atoms with Crippen LogP contribution >= 0.6 is 11.6 Å². The molecule has 0 amide bonds. The summed E-state index contributed by atoms with van der Waals surface area (Å²) in [6.07, 6.45) is 5.84. The third-order valence-corrected chi connectivity index (χ3v) is 2.63. The average molecular weight is 214 g/mol. The van der Waals surface area contributed by atoms with Crippen LogP contribution in [0.2, 0.25) is 0 Å². The van der Waals surface area contributed by atoms with Crippen molar-refractivity contribution < 1.29 is 10.7 Å². The Kier molecular flexibility index (Phi) is 4.68. The van der Waals surface area contributed by atoms with Gasteiger partial charge in [-0.05, 0) is 25.3 Å². The molecular weight excluding hydrogens is 200 g/mol. The fourth-order valence-corrected chi connectivity index (χ4v) is 1.71. The predicted molar refractivity (Wildman–Crippen MR) is 53.6 cm³/mol. The van der Waals surface area contributed by atoms with E-state index in [0.717, 1.165) is 42.4 Å². The van der Waals surface area contributed by atoms with Crippen LogP contribution in [0.1, 0.15) is 25.7 Å². The maximum Gasteiger partial charge on any atom is 0.141 e. The van der Waals surface area contributed by atoms with Gasteiger partial charge in [0.1, 0.15) is 5.70 Å². The second kappa shape index (κ2) is 5.82. The molecule has 0 saturated heterocycles. The Balaban J connectivity index is 2.88. The van der Waals surface area contributed by atoms with Gasteiger partial charge in [-0.2, -0.15) is 10.7 Å². The predicted octanol–water partition coefficient (Wildman–Crippen LogP) is 1.46. The monoisotopic (exact) mass is 213 g/mol. The second-order valence-electron chi connectivity index (χ2n) is 3.30. The molecule has 14 heavy (non-hydrogen) atoms. The van der Waals surface area contributed by atoms with Gasteiger partial charge in [-0.25, -0.2) is 5.21 Å². The number of hydrogen-bond acceptors (Lipinski definition) is 2. The van der Waals surface area contributed by atoms with Crippen molar-refractivity contribution in [2.24, 2.45) is 0 Å². The molecule has 1 rings (SSSR count). The van der Waals surface area contributed by atoms with Gasteiger partial charge in [-0.3, -0.25) is 0 Å². The molecule has 0 fully saturated rings. The molecule has 0 aliphatic heterocycles. The minimum Gasteiger partial charge on any atom is -0.215 e. The van der Waals surface area contributed by atoms with Gasteiger partial charge in [0.2, 0.25) is 0 Å². The Labute approximate surface area is 88.6 Å². The van der Waals surface area contributed by atoms with E-state index in [9.17, 15) is 0 Å². The van der Waals surface area contributed by atoms with E-state index in [1.165, 1.54) is 0 Å². The summed E-state index contributed by atoms with van der Waals surface area (Å²) in [4.78, 5) is 0. The Morgan fingerprint density at radius 1 is 1.57 bits per heavy atom. The van der Waals surface area contributed by atoms with Crippen molar-refractivity contribution in [1.29, 1.82) is 5.26 Å². The molecular formula is C10H14ClN2O+. The average Bonchev–Trinajstić information content (AvgIpc) is 2.26. The normalized spacial score (nSPS) is 18.2. The quantitative estimate of drug-likeness (QED) is 0.424. The summed E-state index contributed by atoms with van der Waals surface area (Å²) in [6.45, 7) is 0. The molecule has 0 aromatic carbocycles. The van der Waals surface area contributed by atoms with Crippen LogP contribution < -0.4 is 5.48 Å². The van der Waals surface area contributed by atoms with Crippen molar-refractivity contribution in [3.8, 4) is 6.07 Å². The molecule has 76 valence electrons. The third-order valence-electron chi connectivity index (χ3n) is 2.35. The summed E-state index contributed by atoms with van der Waals surface area (Å²) in [5.41, 5.74) is 3.70. The topological polar surface area (TPSA) is 60.6 Å². The van der Waals surface area contributed by atoms with E-state index in [4.69, 9.17) is 22.1 Å². The first-order chi connectivity index (χ1) is 6.81. The highest BCUT2D eigenvalue weighted by Crippen LogP contribution is 2.22. The Hall–Kier alpha value is -0.820. The lowest BCUT2D eigenvalue weighted by Crippen LogP contribution is -2.78. The molecule has 0 aromatic heterocycles. The molecule has 1 aliphatic carbocycles. The first-order valence-electron chi connectivity index (χ1n) is 4.68. The van der Waals surface area contributed by atoms with Gasteiger partial charge in [0.25, 0.3) is 0 Å². The molecule has 0 radical (unpaired) electrons.